The number of pyridine rings is 1. The van der Waals surface area contributed by atoms with E-state index in [1.54, 1.807) is 12.1 Å². The lowest BCUT2D eigenvalue weighted by molar-refractivity contribution is 0.475. The van der Waals surface area contributed by atoms with Crippen LogP contribution in [-0.2, 0) is 0 Å². The summed E-state index contributed by atoms with van der Waals surface area (Å²) in [7, 11) is 0. The molecule has 0 bridgehead atoms. The van der Waals surface area contributed by atoms with E-state index in [9.17, 15) is 9.90 Å². The topological polar surface area (TPSA) is 68.9 Å². The number of fused-ring (bicyclic) bond motifs is 3. The molecule has 0 aliphatic carbocycles. The number of benzene rings is 2. The highest BCUT2D eigenvalue weighted by molar-refractivity contribution is 6.37. The third-order valence-electron chi connectivity index (χ3n) is 4.13. The van der Waals surface area contributed by atoms with Crippen LogP contribution in [0, 0.1) is 6.92 Å². The van der Waals surface area contributed by atoms with Crippen molar-refractivity contribution in [2.45, 2.75) is 6.92 Å². The van der Waals surface area contributed by atoms with Crippen molar-refractivity contribution in [2.24, 2.45) is 0 Å². The molecular formula is C18H13ClN2O2. The van der Waals surface area contributed by atoms with Crippen molar-refractivity contribution < 1.29 is 5.11 Å². The Morgan fingerprint density at radius 1 is 0.957 bits per heavy atom. The number of phenolic OH excluding ortho intramolecular Hbond substituents is 1. The van der Waals surface area contributed by atoms with E-state index in [-0.39, 0.29) is 11.3 Å². The number of hydrogen-bond donors (Lipinski definition) is 3. The molecule has 0 radical (unpaired) electrons. The summed E-state index contributed by atoms with van der Waals surface area (Å²) in [5.74, 6) is 0.230. The predicted molar refractivity (Wildman–Crippen MR) is 93.3 cm³/mol. The van der Waals surface area contributed by atoms with Gasteiger partial charge in [0.2, 0.25) is 5.56 Å². The molecule has 3 N–H and O–H groups in total. The number of aromatic hydroxyl groups is 1. The van der Waals surface area contributed by atoms with Gasteiger partial charge in [0.05, 0.1) is 10.5 Å². The molecule has 0 aliphatic rings. The van der Waals surface area contributed by atoms with Crippen LogP contribution >= 0.6 is 11.6 Å². The highest BCUT2D eigenvalue weighted by Crippen LogP contribution is 2.36. The summed E-state index contributed by atoms with van der Waals surface area (Å²) in [6.07, 6.45) is 0. The number of aromatic nitrogens is 2. The van der Waals surface area contributed by atoms with Crippen molar-refractivity contribution >= 4 is 33.4 Å². The fourth-order valence-electron chi connectivity index (χ4n) is 3.07. The van der Waals surface area contributed by atoms with Gasteiger partial charge in [-0.05, 0) is 54.4 Å². The average molecular weight is 325 g/mol. The van der Waals surface area contributed by atoms with Gasteiger partial charge in [0.15, 0.2) is 0 Å². The molecule has 4 nitrogen and oxygen atoms in total. The SMILES string of the molecule is Cc1c(-c2ccc(O)cc2)[nH]c2ccc3[nH]c(=O)cc(Cl)c3c12. The maximum atomic E-state index is 11.6. The number of nitrogens with one attached hydrogen (secondary N) is 2. The van der Waals surface area contributed by atoms with Crippen LogP contribution in [0.15, 0.2) is 47.3 Å². The number of rotatable bonds is 1. The molecule has 0 saturated heterocycles. The summed E-state index contributed by atoms with van der Waals surface area (Å²) in [5.41, 5.74) is 4.44. The zero-order valence-electron chi connectivity index (χ0n) is 12.3. The molecule has 0 spiro atoms. The number of aromatic amines is 2. The van der Waals surface area contributed by atoms with Crippen LogP contribution in [-0.4, -0.2) is 15.1 Å². The van der Waals surface area contributed by atoms with Crippen molar-refractivity contribution in [1.29, 1.82) is 0 Å². The second-order valence-electron chi connectivity index (χ2n) is 5.56. The van der Waals surface area contributed by atoms with Crippen LogP contribution in [0.1, 0.15) is 5.56 Å². The highest BCUT2D eigenvalue weighted by Gasteiger charge is 2.14. The highest BCUT2D eigenvalue weighted by atomic mass is 35.5. The molecule has 0 aliphatic heterocycles. The second kappa shape index (κ2) is 4.89. The van der Waals surface area contributed by atoms with Gasteiger partial charge in [-0.25, -0.2) is 0 Å². The number of phenols is 1. The normalized spacial score (nSPS) is 11.4. The minimum Gasteiger partial charge on any atom is -0.508 e. The molecule has 0 atom stereocenters. The summed E-state index contributed by atoms with van der Waals surface area (Å²) in [6, 6.07) is 12.2. The van der Waals surface area contributed by atoms with Crippen LogP contribution in [0.4, 0.5) is 0 Å². The molecule has 2 aromatic carbocycles. The maximum Gasteiger partial charge on any atom is 0.249 e. The molecule has 4 rings (SSSR count). The van der Waals surface area contributed by atoms with E-state index in [2.05, 4.69) is 9.97 Å². The van der Waals surface area contributed by atoms with Crippen molar-refractivity contribution in [3.8, 4) is 17.0 Å². The van der Waals surface area contributed by atoms with E-state index in [1.165, 1.54) is 6.07 Å². The van der Waals surface area contributed by atoms with Gasteiger partial charge in [-0.1, -0.05) is 11.6 Å². The zero-order chi connectivity index (χ0) is 16.1. The molecule has 5 heteroatoms. The van der Waals surface area contributed by atoms with Gasteiger partial charge in [-0.2, -0.15) is 0 Å². The lowest BCUT2D eigenvalue weighted by atomic mass is 10.0. The lowest BCUT2D eigenvalue weighted by Crippen LogP contribution is -2.03. The third-order valence-corrected chi connectivity index (χ3v) is 4.42. The first kappa shape index (κ1) is 13.9. The van der Waals surface area contributed by atoms with E-state index >= 15 is 0 Å². The van der Waals surface area contributed by atoms with Crippen LogP contribution < -0.4 is 5.56 Å². The van der Waals surface area contributed by atoms with Gasteiger partial charge in [-0.3, -0.25) is 4.79 Å². The quantitative estimate of drug-likeness (QED) is 0.487. The minimum absolute atomic E-state index is 0.214. The molecule has 114 valence electrons. The Bertz CT molecular complexity index is 1110. The first-order valence-electron chi connectivity index (χ1n) is 7.18. The fourth-order valence-corrected chi connectivity index (χ4v) is 3.37. The second-order valence-corrected chi connectivity index (χ2v) is 5.97. The van der Waals surface area contributed by atoms with Crippen LogP contribution in [0.25, 0.3) is 33.1 Å². The number of hydrogen-bond acceptors (Lipinski definition) is 2. The lowest BCUT2D eigenvalue weighted by Gasteiger charge is -2.03. The van der Waals surface area contributed by atoms with Gasteiger partial charge >= 0.3 is 0 Å². The molecule has 0 unspecified atom stereocenters. The van der Waals surface area contributed by atoms with E-state index in [0.29, 0.717) is 10.5 Å². The molecule has 4 aromatic rings. The van der Waals surface area contributed by atoms with E-state index in [1.807, 2.05) is 31.2 Å². The molecule has 2 aromatic heterocycles. The summed E-state index contributed by atoms with van der Waals surface area (Å²) in [4.78, 5) is 17.8. The summed E-state index contributed by atoms with van der Waals surface area (Å²) in [6.45, 7) is 2.02. The Morgan fingerprint density at radius 3 is 2.30 bits per heavy atom. The van der Waals surface area contributed by atoms with Gasteiger partial charge in [0.25, 0.3) is 0 Å². The number of H-pyrrole nitrogens is 2. The molecule has 0 amide bonds. The first-order valence-corrected chi connectivity index (χ1v) is 7.55. The maximum absolute atomic E-state index is 11.6. The molecular weight excluding hydrogens is 312 g/mol. The smallest absolute Gasteiger partial charge is 0.249 e. The Hall–Kier alpha value is -2.72. The molecule has 0 saturated carbocycles. The van der Waals surface area contributed by atoms with Gasteiger partial charge in [0, 0.05) is 28.0 Å². The molecule has 2 heterocycles. The van der Waals surface area contributed by atoms with Gasteiger partial charge < -0.3 is 15.1 Å². The van der Waals surface area contributed by atoms with Crippen LogP contribution in [0.3, 0.4) is 0 Å². The van der Waals surface area contributed by atoms with Gasteiger partial charge in [0.1, 0.15) is 5.75 Å². The summed E-state index contributed by atoms with van der Waals surface area (Å²) in [5, 5.41) is 11.7. The third kappa shape index (κ3) is 2.11. The van der Waals surface area contributed by atoms with Crippen molar-refractivity contribution in [3.63, 3.8) is 0 Å². The van der Waals surface area contributed by atoms with E-state index < -0.39 is 0 Å². The monoisotopic (exact) mass is 324 g/mol. The van der Waals surface area contributed by atoms with Crippen molar-refractivity contribution in [2.75, 3.05) is 0 Å². The Kier molecular flexibility index (Phi) is 2.96. The zero-order valence-corrected chi connectivity index (χ0v) is 13.0. The Morgan fingerprint density at radius 2 is 1.61 bits per heavy atom. The summed E-state index contributed by atoms with van der Waals surface area (Å²) >= 11 is 6.32. The van der Waals surface area contributed by atoms with Gasteiger partial charge in [-0.15, -0.1) is 0 Å². The largest absolute Gasteiger partial charge is 0.508 e. The van der Waals surface area contributed by atoms with Crippen LogP contribution in [0.2, 0.25) is 5.02 Å². The van der Waals surface area contributed by atoms with Crippen molar-refractivity contribution in [1.82, 2.24) is 9.97 Å². The standard InChI is InChI=1S/C18H13ClN2O2/c1-9-16-13(21-18(9)10-2-4-11(22)5-3-10)6-7-14-17(16)12(19)8-15(23)20-14/h2-8,21-22H,1H3,(H,20,23). The van der Waals surface area contributed by atoms with E-state index in [0.717, 1.165) is 33.1 Å². The van der Waals surface area contributed by atoms with Crippen molar-refractivity contribution in [3.05, 3.63) is 63.4 Å². The first-order chi connectivity index (χ1) is 11.0. The minimum atomic E-state index is -0.214. The summed E-state index contributed by atoms with van der Waals surface area (Å²) < 4.78 is 0. The Balaban J connectivity index is 2.10. The fraction of sp³-hybridized carbons (Fsp3) is 0.0556. The number of halogens is 1. The predicted octanol–water partition coefficient (Wildman–Crippen LogP) is 4.34. The number of aryl methyl sites for hydroxylation is 1. The molecule has 0 fully saturated rings. The van der Waals surface area contributed by atoms with Crippen LogP contribution in [0.5, 0.6) is 5.75 Å². The Labute approximate surface area is 136 Å². The average Bonchev–Trinajstić information content (AvgIpc) is 2.85. The van der Waals surface area contributed by atoms with E-state index in [4.69, 9.17) is 11.6 Å². The molecule has 23 heavy (non-hydrogen) atoms.